The summed E-state index contributed by atoms with van der Waals surface area (Å²) in [5.41, 5.74) is 1.55. The van der Waals surface area contributed by atoms with Crippen LogP contribution in [-0.4, -0.2) is 36.8 Å². The number of alkyl halides is 2. The Hall–Kier alpha value is -3.33. The molecule has 0 saturated heterocycles. The molecule has 1 atom stereocenters. The van der Waals surface area contributed by atoms with Crippen LogP contribution in [0.2, 0.25) is 5.02 Å². The number of aromatic nitrogens is 5. The number of carbonyl (C=O) groups excluding carboxylic acids is 1. The number of fused-ring (bicyclic) bond motifs is 1. The van der Waals surface area contributed by atoms with E-state index in [2.05, 4.69) is 20.4 Å². The molecule has 0 fully saturated rings. The number of aryl methyl sites for hydroxylation is 1. The van der Waals surface area contributed by atoms with Gasteiger partial charge in [-0.3, -0.25) is 9.36 Å². The number of carbonyl (C=O) groups is 1. The van der Waals surface area contributed by atoms with Crippen molar-refractivity contribution in [3.05, 3.63) is 71.0 Å². The number of halogens is 3. The van der Waals surface area contributed by atoms with Gasteiger partial charge in [-0.1, -0.05) is 30.7 Å². The fourth-order valence-electron chi connectivity index (χ4n) is 3.35. The van der Waals surface area contributed by atoms with Gasteiger partial charge in [0.05, 0.1) is 16.7 Å². The molecular formula is C21H19ClF2N6O. The molecule has 160 valence electrons. The molecule has 0 radical (unpaired) electrons. The maximum Gasteiger partial charge on any atom is 0.320 e. The van der Waals surface area contributed by atoms with Crippen LogP contribution in [0.4, 0.5) is 8.78 Å². The topological polar surface area (TPSA) is 77.6 Å². The Morgan fingerprint density at radius 1 is 1.13 bits per heavy atom. The average Bonchev–Trinajstić information content (AvgIpc) is 3.33. The Morgan fingerprint density at radius 3 is 2.55 bits per heavy atom. The van der Waals surface area contributed by atoms with Gasteiger partial charge in [-0.2, -0.15) is 8.78 Å². The van der Waals surface area contributed by atoms with Gasteiger partial charge in [-0.25, -0.2) is 14.6 Å². The van der Waals surface area contributed by atoms with Gasteiger partial charge in [-0.15, -0.1) is 5.10 Å². The Morgan fingerprint density at radius 2 is 1.84 bits per heavy atom. The molecule has 0 aliphatic rings. The van der Waals surface area contributed by atoms with Crippen molar-refractivity contribution in [3.8, 4) is 5.69 Å². The van der Waals surface area contributed by atoms with E-state index >= 15 is 0 Å². The van der Waals surface area contributed by atoms with Gasteiger partial charge in [0.15, 0.2) is 0 Å². The molecule has 1 N–H and O–H groups in total. The lowest BCUT2D eigenvalue weighted by atomic mass is 10.1. The van der Waals surface area contributed by atoms with E-state index < -0.39 is 18.4 Å². The van der Waals surface area contributed by atoms with Gasteiger partial charge >= 0.3 is 6.55 Å². The summed E-state index contributed by atoms with van der Waals surface area (Å²) >= 11 is 5.91. The molecule has 7 nitrogen and oxygen atoms in total. The maximum absolute atomic E-state index is 13.7. The van der Waals surface area contributed by atoms with E-state index in [1.165, 1.54) is 4.68 Å². The second-order valence-electron chi connectivity index (χ2n) is 7.09. The second-order valence-corrected chi connectivity index (χ2v) is 7.52. The number of rotatable bonds is 6. The number of hydrogen-bond acceptors (Lipinski definition) is 4. The van der Waals surface area contributed by atoms with Crippen LogP contribution in [0.1, 0.15) is 41.7 Å². The zero-order chi connectivity index (χ0) is 22.1. The van der Waals surface area contributed by atoms with Gasteiger partial charge in [0.1, 0.15) is 11.6 Å². The fourth-order valence-corrected chi connectivity index (χ4v) is 3.47. The Labute approximate surface area is 181 Å². The van der Waals surface area contributed by atoms with E-state index in [9.17, 15) is 13.6 Å². The predicted octanol–water partition coefficient (Wildman–Crippen LogP) is 4.51. The number of para-hydroxylation sites is 2. The first-order valence-corrected chi connectivity index (χ1v) is 9.95. The molecule has 0 spiro atoms. The lowest BCUT2D eigenvalue weighted by molar-refractivity contribution is 0.0703. The van der Waals surface area contributed by atoms with Gasteiger partial charge in [0.25, 0.3) is 5.91 Å². The highest BCUT2D eigenvalue weighted by Crippen LogP contribution is 2.27. The van der Waals surface area contributed by atoms with Crippen LogP contribution in [0.15, 0.2) is 48.5 Å². The van der Waals surface area contributed by atoms with Crippen molar-refractivity contribution in [3.63, 3.8) is 0 Å². The minimum atomic E-state index is -2.74. The molecule has 31 heavy (non-hydrogen) atoms. The lowest BCUT2D eigenvalue weighted by Gasteiger charge is -2.14. The van der Waals surface area contributed by atoms with Crippen molar-refractivity contribution >= 4 is 28.5 Å². The molecule has 0 saturated carbocycles. The first-order chi connectivity index (χ1) is 14.8. The van der Waals surface area contributed by atoms with Gasteiger partial charge < -0.3 is 5.32 Å². The SMILES string of the molecule is Cc1nc(C(=O)NC[C@@H](C)c2nc3ccccc3n2C(F)F)nn1-c1ccc(Cl)cc1. The van der Waals surface area contributed by atoms with Crippen LogP contribution >= 0.6 is 11.6 Å². The molecule has 0 aliphatic carbocycles. The summed E-state index contributed by atoms with van der Waals surface area (Å²) in [5.74, 6) is -0.235. The number of imidazole rings is 1. The van der Waals surface area contributed by atoms with Gasteiger partial charge in [0.2, 0.25) is 5.82 Å². The lowest BCUT2D eigenvalue weighted by Crippen LogP contribution is -2.29. The van der Waals surface area contributed by atoms with E-state index in [1.54, 1.807) is 62.4 Å². The molecule has 2 heterocycles. The summed E-state index contributed by atoms with van der Waals surface area (Å²) in [6.07, 6.45) is 0. The molecule has 2 aromatic heterocycles. The zero-order valence-corrected chi connectivity index (χ0v) is 17.5. The summed E-state index contributed by atoms with van der Waals surface area (Å²) in [5, 5.41) is 7.55. The molecule has 4 rings (SSSR count). The molecule has 0 unspecified atom stereocenters. The summed E-state index contributed by atoms with van der Waals surface area (Å²) in [4.78, 5) is 21.1. The van der Waals surface area contributed by atoms with Crippen molar-refractivity contribution in [2.45, 2.75) is 26.3 Å². The van der Waals surface area contributed by atoms with Crippen molar-refractivity contribution in [1.82, 2.24) is 29.6 Å². The number of nitrogens with zero attached hydrogens (tertiary/aromatic N) is 5. The molecular weight excluding hydrogens is 426 g/mol. The van der Waals surface area contributed by atoms with Crippen LogP contribution in [0, 0.1) is 6.92 Å². The highest BCUT2D eigenvalue weighted by Gasteiger charge is 2.23. The van der Waals surface area contributed by atoms with E-state index in [1.807, 2.05) is 0 Å². The predicted molar refractivity (Wildman–Crippen MR) is 113 cm³/mol. The summed E-state index contributed by atoms with van der Waals surface area (Å²) < 4.78 is 29.7. The number of benzene rings is 2. The maximum atomic E-state index is 13.7. The second kappa shape index (κ2) is 8.43. The third-order valence-corrected chi connectivity index (χ3v) is 5.12. The number of amides is 1. The Balaban J connectivity index is 1.51. The molecule has 4 aromatic rings. The van der Waals surface area contributed by atoms with Crippen LogP contribution in [0.3, 0.4) is 0 Å². The van der Waals surface area contributed by atoms with Gasteiger partial charge in [0, 0.05) is 17.5 Å². The zero-order valence-electron chi connectivity index (χ0n) is 16.8. The Bertz CT molecular complexity index is 1230. The van der Waals surface area contributed by atoms with E-state index in [0.29, 0.717) is 27.6 Å². The minimum Gasteiger partial charge on any atom is -0.349 e. The first-order valence-electron chi connectivity index (χ1n) is 9.58. The van der Waals surface area contributed by atoms with Crippen molar-refractivity contribution in [1.29, 1.82) is 0 Å². The summed E-state index contributed by atoms with van der Waals surface area (Å²) in [6, 6.07) is 13.7. The minimum absolute atomic E-state index is 0.0120. The normalized spacial score (nSPS) is 12.5. The van der Waals surface area contributed by atoms with Crippen molar-refractivity contribution in [2.75, 3.05) is 6.54 Å². The first kappa shape index (κ1) is 20.9. The van der Waals surface area contributed by atoms with E-state index in [4.69, 9.17) is 11.6 Å². The smallest absolute Gasteiger partial charge is 0.320 e. The standard InChI is InChI=1S/C21H19ClF2N6O/c1-12(19-27-16-5-3-4-6-17(16)29(19)21(23)24)11-25-20(31)18-26-13(2)30(28-18)15-9-7-14(22)8-10-15/h3-10,12,21H,11H2,1-2H3,(H,25,31)/t12-/m1/s1. The quantitative estimate of drug-likeness (QED) is 0.474. The highest BCUT2D eigenvalue weighted by atomic mass is 35.5. The van der Waals surface area contributed by atoms with Crippen molar-refractivity contribution < 1.29 is 13.6 Å². The molecule has 2 aromatic carbocycles. The third-order valence-electron chi connectivity index (χ3n) is 4.87. The molecule has 1 amide bonds. The largest absolute Gasteiger partial charge is 0.349 e. The molecule has 10 heteroatoms. The number of hydrogen-bond donors (Lipinski definition) is 1. The van der Waals surface area contributed by atoms with Crippen LogP contribution in [-0.2, 0) is 0 Å². The number of nitrogens with one attached hydrogen (secondary N) is 1. The average molecular weight is 445 g/mol. The van der Waals surface area contributed by atoms with Crippen LogP contribution < -0.4 is 5.32 Å². The highest BCUT2D eigenvalue weighted by molar-refractivity contribution is 6.30. The van der Waals surface area contributed by atoms with Crippen LogP contribution in [0.25, 0.3) is 16.7 Å². The summed E-state index contributed by atoms with van der Waals surface area (Å²) in [7, 11) is 0. The Kier molecular flexibility index (Phi) is 5.69. The van der Waals surface area contributed by atoms with Gasteiger partial charge in [-0.05, 0) is 43.3 Å². The molecule has 0 aliphatic heterocycles. The van der Waals surface area contributed by atoms with Crippen LogP contribution in [0.5, 0.6) is 0 Å². The monoisotopic (exact) mass is 444 g/mol. The van der Waals surface area contributed by atoms with Crippen molar-refractivity contribution in [2.24, 2.45) is 0 Å². The summed E-state index contributed by atoms with van der Waals surface area (Å²) in [6.45, 7) is 0.820. The van der Waals surface area contributed by atoms with E-state index in [-0.39, 0.29) is 18.2 Å². The third kappa shape index (κ3) is 4.13. The molecule has 0 bridgehead atoms. The fraction of sp³-hybridized carbons (Fsp3) is 0.238. The van der Waals surface area contributed by atoms with E-state index in [0.717, 1.165) is 4.57 Å².